The molecule has 0 fully saturated rings. The van der Waals surface area contributed by atoms with E-state index in [1.807, 2.05) is 26.0 Å². The standard InChI is InChI=1S/C16H15Br2FO/c1-9-7-13(17)10(2)14(16(9)20-3)15(18)11-5-4-6-12(19)8-11/h4-8,15H,1-3H3. The van der Waals surface area contributed by atoms with Crippen LogP contribution in [0.3, 0.4) is 0 Å². The number of benzene rings is 2. The van der Waals surface area contributed by atoms with Crippen LogP contribution in [-0.4, -0.2) is 7.11 Å². The van der Waals surface area contributed by atoms with Crippen molar-refractivity contribution >= 4 is 31.9 Å². The van der Waals surface area contributed by atoms with Crippen LogP contribution in [0.25, 0.3) is 0 Å². The molecular weight excluding hydrogens is 387 g/mol. The van der Waals surface area contributed by atoms with Gasteiger partial charge in [0, 0.05) is 10.0 Å². The molecule has 0 aliphatic heterocycles. The van der Waals surface area contributed by atoms with Crippen LogP contribution in [0.1, 0.15) is 27.1 Å². The molecule has 0 aromatic heterocycles. The minimum Gasteiger partial charge on any atom is -0.496 e. The molecule has 4 heteroatoms. The van der Waals surface area contributed by atoms with Crippen molar-refractivity contribution in [3.8, 4) is 5.75 Å². The molecule has 0 aliphatic carbocycles. The fourth-order valence-corrected chi connectivity index (χ4v) is 3.68. The van der Waals surface area contributed by atoms with E-state index in [-0.39, 0.29) is 10.6 Å². The largest absolute Gasteiger partial charge is 0.496 e. The maximum Gasteiger partial charge on any atom is 0.126 e. The lowest BCUT2D eigenvalue weighted by Gasteiger charge is -2.20. The van der Waals surface area contributed by atoms with Gasteiger partial charge in [0.2, 0.25) is 0 Å². The van der Waals surface area contributed by atoms with E-state index in [1.165, 1.54) is 12.1 Å². The highest BCUT2D eigenvalue weighted by Gasteiger charge is 2.21. The summed E-state index contributed by atoms with van der Waals surface area (Å²) in [6.07, 6.45) is 0. The average Bonchev–Trinajstić information content (AvgIpc) is 2.41. The Kier molecular flexibility index (Phi) is 4.86. The summed E-state index contributed by atoms with van der Waals surface area (Å²) in [5.74, 6) is 0.590. The summed E-state index contributed by atoms with van der Waals surface area (Å²) in [4.78, 5) is -0.121. The molecule has 0 saturated carbocycles. The molecule has 2 rings (SSSR count). The second kappa shape index (κ2) is 6.27. The Balaban J connectivity index is 2.62. The number of methoxy groups -OCH3 is 1. The van der Waals surface area contributed by atoms with Crippen molar-refractivity contribution < 1.29 is 9.13 Å². The third-order valence-electron chi connectivity index (χ3n) is 3.31. The molecule has 0 N–H and O–H groups in total. The lowest BCUT2D eigenvalue weighted by molar-refractivity contribution is 0.406. The van der Waals surface area contributed by atoms with Gasteiger partial charge in [0.15, 0.2) is 0 Å². The van der Waals surface area contributed by atoms with Crippen LogP contribution in [0.5, 0.6) is 5.75 Å². The highest BCUT2D eigenvalue weighted by atomic mass is 79.9. The van der Waals surface area contributed by atoms with Crippen molar-refractivity contribution in [1.29, 1.82) is 0 Å². The predicted octanol–water partition coefficient (Wildman–Crippen LogP) is 5.70. The molecule has 1 unspecified atom stereocenters. The van der Waals surface area contributed by atoms with Crippen LogP contribution in [0, 0.1) is 19.7 Å². The van der Waals surface area contributed by atoms with Crippen LogP contribution < -0.4 is 4.74 Å². The van der Waals surface area contributed by atoms with Gasteiger partial charge in [-0.2, -0.15) is 0 Å². The summed E-state index contributed by atoms with van der Waals surface area (Å²) in [6, 6.07) is 8.63. The normalized spacial score (nSPS) is 12.3. The van der Waals surface area contributed by atoms with Crippen molar-refractivity contribution in [3.63, 3.8) is 0 Å². The van der Waals surface area contributed by atoms with Crippen molar-refractivity contribution in [3.05, 3.63) is 62.9 Å². The average molecular weight is 402 g/mol. The van der Waals surface area contributed by atoms with Crippen molar-refractivity contribution in [1.82, 2.24) is 0 Å². The third kappa shape index (κ3) is 2.91. The second-order valence-corrected chi connectivity index (χ2v) is 6.43. The number of halogens is 3. The van der Waals surface area contributed by atoms with Crippen LogP contribution in [0.2, 0.25) is 0 Å². The number of hydrogen-bond donors (Lipinski definition) is 0. The molecule has 0 spiro atoms. The Morgan fingerprint density at radius 1 is 1.20 bits per heavy atom. The number of hydrogen-bond acceptors (Lipinski definition) is 1. The molecular formula is C16H15Br2FO. The first-order chi connectivity index (χ1) is 9.45. The first-order valence-electron chi connectivity index (χ1n) is 6.18. The first-order valence-corrected chi connectivity index (χ1v) is 7.89. The summed E-state index contributed by atoms with van der Waals surface area (Å²) in [5.41, 5.74) is 4.01. The van der Waals surface area contributed by atoms with Gasteiger partial charge < -0.3 is 4.74 Å². The Hall–Kier alpha value is -0.870. The SMILES string of the molecule is COc1c(C)cc(Br)c(C)c1C(Br)c1cccc(F)c1. The Morgan fingerprint density at radius 2 is 1.90 bits per heavy atom. The van der Waals surface area contributed by atoms with Gasteiger partial charge in [-0.1, -0.05) is 44.0 Å². The summed E-state index contributed by atoms with van der Waals surface area (Å²) in [6.45, 7) is 4.02. The number of rotatable bonds is 3. The van der Waals surface area contributed by atoms with Crippen LogP contribution in [-0.2, 0) is 0 Å². The van der Waals surface area contributed by atoms with Gasteiger partial charge in [-0.3, -0.25) is 0 Å². The van der Waals surface area contributed by atoms with Crippen molar-refractivity contribution in [2.75, 3.05) is 7.11 Å². The van der Waals surface area contributed by atoms with E-state index in [9.17, 15) is 4.39 Å². The molecule has 2 aromatic rings. The van der Waals surface area contributed by atoms with Gasteiger partial charge in [-0.05, 0) is 48.7 Å². The molecule has 106 valence electrons. The van der Waals surface area contributed by atoms with E-state index in [1.54, 1.807) is 13.2 Å². The minimum atomic E-state index is -0.240. The van der Waals surface area contributed by atoms with Crippen LogP contribution in [0.4, 0.5) is 4.39 Å². The fraction of sp³-hybridized carbons (Fsp3) is 0.250. The fourth-order valence-electron chi connectivity index (χ4n) is 2.28. The van der Waals surface area contributed by atoms with Gasteiger partial charge in [0.05, 0.1) is 11.9 Å². The molecule has 0 saturated heterocycles. The van der Waals surface area contributed by atoms with E-state index in [0.717, 1.165) is 32.5 Å². The second-order valence-electron chi connectivity index (χ2n) is 4.66. The van der Waals surface area contributed by atoms with Crippen LogP contribution >= 0.6 is 31.9 Å². The van der Waals surface area contributed by atoms with E-state index in [4.69, 9.17) is 4.74 Å². The van der Waals surface area contributed by atoms with Crippen LogP contribution in [0.15, 0.2) is 34.8 Å². The highest BCUT2D eigenvalue weighted by Crippen LogP contribution is 2.42. The number of alkyl halides is 1. The molecule has 0 aliphatic rings. The van der Waals surface area contributed by atoms with Gasteiger partial charge >= 0.3 is 0 Å². The zero-order valence-electron chi connectivity index (χ0n) is 11.5. The molecule has 1 nitrogen and oxygen atoms in total. The first kappa shape index (κ1) is 15.5. The smallest absolute Gasteiger partial charge is 0.126 e. The maximum atomic E-state index is 13.4. The predicted molar refractivity (Wildman–Crippen MR) is 87.3 cm³/mol. The van der Waals surface area contributed by atoms with Gasteiger partial charge in [0.25, 0.3) is 0 Å². The molecule has 20 heavy (non-hydrogen) atoms. The molecule has 1 atom stereocenters. The Labute approximate surface area is 135 Å². The summed E-state index contributed by atoms with van der Waals surface area (Å²) >= 11 is 7.24. The maximum absolute atomic E-state index is 13.4. The van der Waals surface area contributed by atoms with Gasteiger partial charge in [-0.15, -0.1) is 0 Å². The number of aryl methyl sites for hydroxylation is 1. The molecule has 0 heterocycles. The van der Waals surface area contributed by atoms with E-state index < -0.39 is 0 Å². The quantitative estimate of drug-likeness (QED) is 0.599. The lowest BCUT2D eigenvalue weighted by atomic mass is 9.97. The Morgan fingerprint density at radius 3 is 2.50 bits per heavy atom. The molecule has 2 aromatic carbocycles. The summed E-state index contributed by atoms with van der Waals surface area (Å²) < 4.78 is 20.0. The Bertz CT molecular complexity index is 641. The topological polar surface area (TPSA) is 9.23 Å². The van der Waals surface area contributed by atoms with E-state index in [2.05, 4.69) is 31.9 Å². The number of ether oxygens (including phenoxy) is 1. The molecule has 0 radical (unpaired) electrons. The summed E-state index contributed by atoms with van der Waals surface area (Å²) in [7, 11) is 1.66. The van der Waals surface area contributed by atoms with E-state index in [0.29, 0.717) is 0 Å². The van der Waals surface area contributed by atoms with E-state index >= 15 is 0 Å². The lowest BCUT2D eigenvalue weighted by Crippen LogP contribution is -2.03. The van der Waals surface area contributed by atoms with Crippen molar-refractivity contribution in [2.24, 2.45) is 0 Å². The van der Waals surface area contributed by atoms with Crippen molar-refractivity contribution in [2.45, 2.75) is 18.7 Å². The molecule has 0 bridgehead atoms. The zero-order valence-corrected chi connectivity index (χ0v) is 14.7. The summed E-state index contributed by atoms with van der Waals surface area (Å²) in [5, 5.41) is 0. The third-order valence-corrected chi connectivity index (χ3v) is 5.12. The monoisotopic (exact) mass is 400 g/mol. The molecule has 0 amide bonds. The van der Waals surface area contributed by atoms with Gasteiger partial charge in [0.1, 0.15) is 11.6 Å². The highest BCUT2D eigenvalue weighted by molar-refractivity contribution is 9.10. The zero-order chi connectivity index (χ0) is 14.9. The minimum absolute atomic E-state index is 0.121. The van der Waals surface area contributed by atoms with Gasteiger partial charge in [-0.25, -0.2) is 4.39 Å².